The first-order valence-corrected chi connectivity index (χ1v) is 13.1. The third-order valence-corrected chi connectivity index (χ3v) is 7.58. The van der Waals surface area contributed by atoms with Gasteiger partial charge in [0.1, 0.15) is 0 Å². The quantitative estimate of drug-likeness (QED) is 0.218. The summed E-state index contributed by atoms with van der Waals surface area (Å²) in [6.07, 6.45) is 5.15. The Morgan fingerprint density at radius 3 is 2.71 bits per heavy atom. The first-order chi connectivity index (χ1) is 16.7. The van der Waals surface area contributed by atoms with E-state index in [0.29, 0.717) is 35.7 Å². The van der Waals surface area contributed by atoms with Gasteiger partial charge in [0, 0.05) is 48.2 Å². The second kappa shape index (κ2) is 10.1. The summed E-state index contributed by atoms with van der Waals surface area (Å²) in [6.45, 7) is 4.13. The second-order valence-electron chi connectivity index (χ2n) is 8.91. The Morgan fingerprint density at radius 2 is 1.85 bits per heavy atom. The van der Waals surface area contributed by atoms with Gasteiger partial charge in [0.2, 0.25) is 5.91 Å². The number of carbonyl (C=O) groups excluding carboxylic acids is 1. The van der Waals surface area contributed by atoms with Crippen molar-refractivity contribution >= 4 is 39.5 Å². The SMILES string of the molecule is CCCCCCn1c(SCC(=O)N2CCc3[nH]c4ccccc4c3C2)nc2ccccc2c1=O. The summed E-state index contributed by atoms with van der Waals surface area (Å²) in [5, 5.41) is 2.47. The molecule has 0 radical (unpaired) electrons. The average molecular weight is 475 g/mol. The number of aromatic nitrogens is 3. The van der Waals surface area contributed by atoms with Crippen LogP contribution in [0.2, 0.25) is 0 Å². The fourth-order valence-corrected chi connectivity index (χ4v) is 5.68. The third-order valence-electron chi connectivity index (χ3n) is 6.62. The Hall–Kier alpha value is -3.06. The van der Waals surface area contributed by atoms with Gasteiger partial charge in [-0.1, -0.05) is 68.3 Å². The fourth-order valence-electron chi connectivity index (χ4n) is 4.75. The Labute approximate surface area is 203 Å². The minimum absolute atomic E-state index is 0.0153. The van der Waals surface area contributed by atoms with E-state index < -0.39 is 0 Å². The topological polar surface area (TPSA) is 71.0 Å². The molecule has 1 aliphatic rings. The number of carbonyl (C=O) groups is 1. The molecule has 0 atom stereocenters. The molecule has 2 aromatic carbocycles. The van der Waals surface area contributed by atoms with E-state index in [1.54, 1.807) is 4.57 Å². The van der Waals surface area contributed by atoms with Gasteiger partial charge in [0.05, 0.1) is 16.7 Å². The molecular formula is C27H30N4O2S. The number of rotatable bonds is 8. The van der Waals surface area contributed by atoms with Crippen LogP contribution in [-0.2, 0) is 24.3 Å². The van der Waals surface area contributed by atoms with E-state index in [4.69, 9.17) is 4.98 Å². The van der Waals surface area contributed by atoms with Crippen molar-refractivity contribution in [3.05, 3.63) is 70.1 Å². The summed E-state index contributed by atoms with van der Waals surface area (Å²) >= 11 is 1.38. The maximum Gasteiger partial charge on any atom is 0.262 e. The molecule has 1 aliphatic heterocycles. The minimum atomic E-state index is -0.0153. The lowest BCUT2D eigenvalue weighted by molar-refractivity contribution is -0.129. The lowest BCUT2D eigenvalue weighted by Crippen LogP contribution is -2.37. The van der Waals surface area contributed by atoms with Crippen LogP contribution in [0, 0.1) is 0 Å². The highest BCUT2D eigenvalue weighted by Gasteiger charge is 2.24. The van der Waals surface area contributed by atoms with Crippen molar-refractivity contribution in [1.29, 1.82) is 0 Å². The molecule has 0 aliphatic carbocycles. The van der Waals surface area contributed by atoms with Gasteiger partial charge in [-0.2, -0.15) is 0 Å². The number of para-hydroxylation sites is 2. The number of aromatic amines is 1. The monoisotopic (exact) mass is 474 g/mol. The van der Waals surface area contributed by atoms with Crippen molar-refractivity contribution in [2.75, 3.05) is 12.3 Å². The largest absolute Gasteiger partial charge is 0.358 e. The molecule has 5 rings (SSSR count). The van der Waals surface area contributed by atoms with E-state index in [1.807, 2.05) is 41.3 Å². The Bertz CT molecular complexity index is 1390. The van der Waals surface area contributed by atoms with Crippen molar-refractivity contribution < 1.29 is 4.79 Å². The second-order valence-corrected chi connectivity index (χ2v) is 9.85. The zero-order chi connectivity index (χ0) is 23.5. The number of thioether (sulfide) groups is 1. The minimum Gasteiger partial charge on any atom is -0.358 e. The molecule has 1 amide bonds. The van der Waals surface area contributed by atoms with Crippen molar-refractivity contribution in [2.45, 2.75) is 57.3 Å². The van der Waals surface area contributed by atoms with E-state index in [0.717, 1.165) is 37.6 Å². The summed E-state index contributed by atoms with van der Waals surface area (Å²) in [7, 11) is 0. The average Bonchev–Trinajstić information content (AvgIpc) is 3.24. The van der Waals surface area contributed by atoms with E-state index in [1.165, 1.54) is 28.4 Å². The highest BCUT2D eigenvalue weighted by atomic mass is 32.2. The molecule has 0 unspecified atom stereocenters. The zero-order valence-corrected chi connectivity index (χ0v) is 20.4. The van der Waals surface area contributed by atoms with Gasteiger partial charge in [0.15, 0.2) is 5.16 Å². The van der Waals surface area contributed by atoms with Crippen molar-refractivity contribution in [3.8, 4) is 0 Å². The molecule has 176 valence electrons. The molecule has 1 N–H and O–H groups in total. The van der Waals surface area contributed by atoms with Crippen LogP contribution < -0.4 is 5.56 Å². The van der Waals surface area contributed by atoms with Crippen molar-refractivity contribution in [1.82, 2.24) is 19.4 Å². The number of H-pyrrole nitrogens is 1. The number of amides is 1. The molecule has 0 saturated carbocycles. The maximum atomic E-state index is 13.2. The van der Waals surface area contributed by atoms with Gasteiger partial charge in [-0.15, -0.1) is 0 Å². The fraction of sp³-hybridized carbons (Fsp3) is 0.370. The van der Waals surface area contributed by atoms with Crippen LogP contribution in [0.15, 0.2) is 58.5 Å². The molecule has 0 spiro atoms. The van der Waals surface area contributed by atoms with E-state index in [-0.39, 0.29) is 17.2 Å². The summed E-state index contributed by atoms with van der Waals surface area (Å²) < 4.78 is 1.77. The Morgan fingerprint density at radius 1 is 1.06 bits per heavy atom. The summed E-state index contributed by atoms with van der Waals surface area (Å²) in [5.41, 5.74) is 4.25. The summed E-state index contributed by atoms with van der Waals surface area (Å²) in [4.78, 5) is 36.6. The van der Waals surface area contributed by atoms with Crippen LogP contribution in [0.3, 0.4) is 0 Å². The highest BCUT2D eigenvalue weighted by Crippen LogP contribution is 2.28. The van der Waals surface area contributed by atoms with Gasteiger partial charge in [-0.3, -0.25) is 14.2 Å². The summed E-state index contributed by atoms with van der Waals surface area (Å²) in [5.74, 6) is 0.359. The van der Waals surface area contributed by atoms with Gasteiger partial charge in [0.25, 0.3) is 5.56 Å². The van der Waals surface area contributed by atoms with Crippen LogP contribution in [-0.4, -0.2) is 37.6 Å². The predicted octanol–water partition coefficient (Wildman–Crippen LogP) is 5.14. The molecular weight excluding hydrogens is 444 g/mol. The standard InChI is InChI=1S/C27H30N4O2S/c1-2-3-4-9-15-31-26(33)20-11-6-8-13-23(20)29-27(31)34-18-25(32)30-16-14-24-21(17-30)19-10-5-7-12-22(19)28-24/h5-8,10-13,28H,2-4,9,14-18H2,1H3. The summed E-state index contributed by atoms with van der Waals surface area (Å²) in [6, 6.07) is 15.7. The molecule has 2 aromatic heterocycles. The van der Waals surface area contributed by atoms with Crippen LogP contribution >= 0.6 is 11.8 Å². The van der Waals surface area contributed by atoms with Crippen LogP contribution in [0.5, 0.6) is 0 Å². The molecule has 34 heavy (non-hydrogen) atoms. The van der Waals surface area contributed by atoms with Crippen molar-refractivity contribution in [2.24, 2.45) is 0 Å². The van der Waals surface area contributed by atoms with E-state index in [2.05, 4.69) is 24.0 Å². The van der Waals surface area contributed by atoms with Crippen molar-refractivity contribution in [3.63, 3.8) is 0 Å². The van der Waals surface area contributed by atoms with Crippen LogP contribution in [0.1, 0.15) is 43.9 Å². The first-order valence-electron chi connectivity index (χ1n) is 12.1. The number of unbranched alkanes of at least 4 members (excludes halogenated alkanes) is 3. The van der Waals surface area contributed by atoms with E-state index in [9.17, 15) is 9.59 Å². The Balaban J connectivity index is 1.34. The first kappa shape index (κ1) is 22.7. The lowest BCUT2D eigenvalue weighted by Gasteiger charge is -2.27. The molecule has 3 heterocycles. The molecule has 7 heteroatoms. The number of benzene rings is 2. The van der Waals surface area contributed by atoms with Gasteiger partial charge in [-0.25, -0.2) is 4.98 Å². The third kappa shape index (κ3) is 4.49. The van der Waals surface area contributed by atoms with Crippen LogP contribution in [0.25, 0.3) is 21.8 Å². The molecule has 6 nitrogen and oxygen atoms in total. The number of hydrogen-bond acceptors (Lipinski definition) is 4. The molecule has 0 bridgehead atoms. The highest BCUT2D eigenvalue weighted by molar-refractivity contribution is 7.99. The number of nitrogens with one attached hydrogen (secondary N) is 1. The number of fused-ring (bicyclic) bond motifs is 4. The zero-order valence-electron chi connectivity index (χ0n) is 19.5. The normalized spacial score (nSPS) is 13.5. The number of nitrogens with zero attached hydrogens (tertiary/aromatic N) is 3. The predicted molar refractivity (Wildman–Crippen MR) is 138 cm³/mol. The molecule has 0 fully saturated rings. The van der Waals surface area contributed by atoms with E-state index >= 15 is 0 Å². The number of hydrogen-bond donors (Lipinski definition) is 1. The van der Waals surface area contributed by atoms with Crippen LogP contribution in [0.4, 0.5) is 0 Å². The van der Waals surface area contributed by atoms with Gasteiger partial charge >= 0.3 is 0 Å². The maximum absolute atomic E-state index is 13.2. The van der Waals surface area contributed by atoms with Gasteiger partial charge in [-0.05, 0) is 24.6 Å². The van der Waals surface area contributed by atoms with Gasteiger partial charge < -0.3 is 9.88 Å². The molecule has 0 saturated heterocycles. The molecule has 4 aromatic rings. The Kier molecular flexibility index (Phi) is 6.72. The smallest absolute Gasteiger partial charge is 0.262 e. The lowest BCUT2D eigenvalue weighted by atomic mass is 10.0.